The molecule has 2 aromatic rings. The number of nitrogens with two attached hydrogens (primary N) is 1. The maximum Gasteiger partial charge on any atom is 0.0423 e. The van der Waals surface area contributed by atoms with Gasteiger partial charge < -0.3 is 5.73 Å². The fourth-order valence-corrected chi connectivity index (χ4v) is 2.50. The number of para-hydroxylation sites is 1. The number of anilines is 1. The smallest absolute Gasteiger partial charge is 0.0423 e. The summed E-state index contributed by atoms with van der Waals surface area (Å²) in [5.74, 6) is 0. The standard InChI is InChI=1S/C16H19N/c1-10-8-12(3)15(13(4)9-10)14-7-5-6-11(2)16(14)17/h5-9H,17H2,1-4H3. The topological polar surface area (TPSA) is 26.0 Å². The summed E-state index contributed by atoms with van der Waals surface area (Å²) in [7, 11) is 0. The normalized spacial score (nSPS) is 10.6. The average molecular weight is 225 g/mol. The summed E-state index contributed by atoms with van der Waals surface area (Å²) in [5.41, 5.74) is 14.5. The first kappa shape index (κ1) is 11.7. The van der Waals surface area contributed by atoms with Crippen molar-refractivity contribution in [3.8, 4) is 11.1 Å². The number of hydrogen-bond donors (Lipinski definition) is 1. The molecule has 0 saturated heterocycles. The van der Waals surface area contributed by atoms with Crippen LogP contribution >= 0.6 is 0 Å². The van der Waals surface area contributed by atoms with E-state index in [4.69, 9.17) is 5.73 Å². The van der Waals surface area contributed by atoms with E-state index in [0.29, 0.717) is 0 Å². The Balaban J connectivity index is 2.73. The molecule has 0 spiro atoms. The summed E-state index contributed by atoms with van der Waals surface area (Å²) < 4.78 is 0. The van der Waals surface area contributed by atoms with Gasteiger partial charge in [0.1, 0.15) is 0 Å². The Morgan fingerprint density at radius 2 is 1.41 bits per heavy atom. The second-order valence-electron chi connectivity index (χ2n) is 4.81. The van der Waals surface area contributed by atoms with Crippen LogP contribution in [-0.4, -0.2) is 0 Å². The maximum atomic E-state index is 6.19. The monoisotopic (exact) mass is 225 g/mol. The molecule has 17 heavy (non-hydrogen) atoms. The van der Waals surface area contributed by atoms with Crippen LogP contribution in [0.4, 0.5) is 5.69 Å². The summed E-state index contributed by atoms with van der Waals surface area (Å²) >= 11 is 0. The summed E-state index contributed by atoms with van der Waals surface area (Å²) in [6.45, 7) is 8.48. The van der Waals surface area contributed by atoms with Gasteiger partial charge in [-0.15, -0.1) is 0 Å². The zero-order valence-electron chi connectivity index (χ0n) is 11.0. The van der Waals surface area contributed by atoms with E-state index >= 15 is 0 Å². The van der Waals surface area contributed by atoms with Gasteiger partial charge in [0.25, 0.3) is 0 Å². The highest BCUT2D eigenvalue weighted by molar-refractivity contribution is 5.82. The van der Waals surface area contributed by atoms with Gasteiger partial charge in [-0.05, 0) is 49.9 Å². The van der Waals surface area contributed by atoms with Gasteiger partial charge in [0.15, 0.2) is 0 Å². The van der Waals surface area contributed by atoms with Gasteiger partial charge in [-0.1, -0.05) is 35.9 Å². The molecule has 88 valence electrons. The minimum absolute atomic E-state index is 0.891. The SMILES string of the molecule is Cc1cc(C)c(-c2cccc(C)c2N)c(C)c1. The van der Waals surface area contributed by atoms with Crippen molar-refractivity contribution in [3.05, 3.63) is 52.6 Å². The Hall–Kier alpha value is -1.76. The third-order valence-corrected chi connectivity index (χ3v) is 3.27. The molecule has 0 aromatic heterocycles. The zero-order valence-corrected chi connectivity index (χ0v) is 11.0. The Labute approximate surface area is 103 Å². The molecule has 2 N–H and O–H groups in total. The van der Waals surface area contributed by atoms with Crippen molar-refractivity contribution in [2.24, 2.45) is 0 Å². The number of rotatable bonds is 1. The lowest BCUT2D eigenvalue weighted by atomic mass is 9.92. The number of benzene rings is 2. The Kier molecular flexibility index (Phi) is 2.93. The summed E-state index contributed by atoms with van der Waals surface area (Å²) in [6, 6.07) is 10.7. The van der Waals surface area contributed by atoms with E-state index in [-0.39, 0.29) is 0 Å². The fraction of sp³-hybridized carbons (Fsp3) is 0.250. The van der Waals surface area contributed by atoms with Crippen LogP contribution in [0, 0.1) is 27.7 Å². The molecule has 0 aliphatic rings. The lowest BCUT2D eigenvalue weighted by Gasteiger charge is -2.15. The molecule has 0 aliphatic heterocycles. The zero-order chi connectivity index (χ0) is 12.6. The highest BCUT2D eigenvalue weighted by atomic mass is 14.6. The second-order valence-corrected chi connectivity index (χ2v) is 4.81. The van der Waals surface area contributed by atoms with Crippen LogP contribution in [0.1, 0.15) is 22.3 Å². The summed E-state index contributed by atoms with van der Waals surface area (Å²) in [6.07, 6.45) is 0. The van der Waals surface area contributed by atoms with Gasteiger partial charge >= 0.3 is 0 Å². The molecular weight excluding hydrogens is 206 g/mol. The molecule has 0 unspecified atom stereocenters. The van der Waals surface area contributed by atoms with E-state index in [9.17, 15) is 0 Å². The lowest BCUT2D eigenvalue weighted by molar-refractivity contribution is 1.32. The van der Waals surface area contributed by atoms with Crippen molar-refractivity contribution in [2.45, 2.75) is 27.7 Å². The second kappa shape index (κ2) is 4.25. The molecule has 0 fully saturated rings. The average Bonchev–Trinajstić information content (AvgIpc) is 2.23. The summed E-state index contributed by atoms with van der Waals surface area (Å²) in [5, 5.41) is 0. The lowest BCUT2D eigenvalue weighted by Crippen LogP contribution is -1.97. The van der Waals surface area contributed by atoms with E-state index < -0.39 is 0 Å². The number of nitrogen functional groups attached to an aromatic ring is 1. The first-order chi connectivity index (χ1) is 8.00. The van der Waals surface area contributed by atoms with Gasteiger partial charge in [-0.2, -0.15) is 0 Å². The Bertz CT molecular complexity index is 545. The van der Waals surface area contributed by atoms with Crippen molar-refractivity contribution in [1.82, 2.24) is 0 Å². The molecule has 0 bridgehead atoms. The van der Waals surface area contributed by atoms with Gasteiger partial charge in [-0.25, -0.2) is 0 Å². The van der Waals surface area contributed by atoms with Crippen LogP contribution in [-0.2, 0) is 0 Å². The first-order valence-electron chi connectivity index (χ1n) is 5.94. The molecular formula is C16H19N. The quantitative estimate of drug-likeness (QED) is 0.724. The van der Waals surface area contributed by atoms with Gasteiger partial charge in [0.2, 0.25) is 0 Å². The third-order valence-electron chi connectivity index (χ3n) is 3.27. The van der Waals surface area contributed by atoms with E-state index in [2.05, 4.69) is 58.0 Å². The van der Waals surface area contributed by atoms with E-state index in [1.54, 1.807) is 0 Å². The highest BCUT2D eigenvalue weighted by Gasteiger charge is 2.10. The number of hydrogen-bond acceptors (Lipinski definition) is 1. The minimum Gasteiger partial charge on any atom is -0.398 e. The van der Waals surface area contributed by atoms with Crippen molar-refractivity contribution in [1.29, 1.82) is 0 Å². The molecule has 2 aromatic carbocycles. The minimum atomic E-state index is 0.891. The molecule has 2 rings (SSSR count). The Morgan fingerprint density at radius 1 is 0.824 bits per heavy atom. The first-order valence-corrected chi connectivity index (χ1v) is 5.94. The van der Waals surface area contributed by atoms with Crippen LogP contribution in [0.25, 0.3) is 11.1 Å². The molecule has 0 aliphatic carbocycles. The highest BCUT2D eigenvalue weighted by Crippen LogP contribution is 2.33. The van der Waals surface area contributed by atoms with Crippen LogP contribution in [0.2, 0.25) is 0 Å². The van der Waals surface area contributed by atoms with Crippen molar-refractivity contribution in [3.63, 3.8) is 0 Å². The molecule has 0 amide bonds. The van der Waals surface area contributed by atoms with Crippen molar-refractivity contribution < 1.29 is 0 Å². The van der Waals surface area contributed by atoms with Crippen LogP contribution in [0.5, 0.6) is 0 Å². The van der Waals surface area contributed by atoms with Gasteiger partial charge in [0.05, 0.1) is 0 Å². The largest absolute Gasteiger partial charge is 0.398 e. The van der Waals surface area contributed by atoms with Crippen LogP contribution < -0.4 is 5.73 Å². The predicted molar refractivity (Wildman–Crippen MR) is 75.2 cm³/mol. The Morgan fingerprint density at radius 3 is 2.00 bits per heavy atom. The molecule has 0 radical (unpaired) electrons. The van der Waals surface area contributed by atoms with E-state index in [0.717, 1.165) is 16.8 Å². The third kappa shape index (κ3) is 2.05. The predicted octanol–water partition coefficient (Wildman–Crippen LogP) is 4.17. The van der Waals surface area contributed by atoms with Gasteiger partial charge in [-0.3, -0.25) is 0 Å². The van der Waals surface area contributed by atoms with Crippen LogP contribution in [0.15, 0.2) is 30.3 Å². The van der Waals surface area contributed by atoms with Crippen molar-refractivity contribution >= 4 is 5.69 Å². The van der Waals surface area contributed by atoms with E-state index in [1.807, 2.05) is 0 Å². The molecule has 0 heterocycles. The molecule has 1 nitrogen and oxygen atoms in total. The van der Waals surface area contributed by atoms with Crippen molar-refractivity contribution in [2.75, 3.05) is 5.73 Å². The van der Waals surface area contributed by atoms with Crippen LogP contribution in [0.3, 0.4) is 0 Å². The number of aryl methyl sites for hydroxylation is 4. The van der Waals surface area contributed by atoms with Gasteiger partial charge in [0, 0.05) is 11.3 Å². The summed E-state index contributed by atoms with van der Waals surface area (Å²) in [4.78, 5) is 0. The van der Waals surface area contributed by atoms with E-state index in [1.165, 1.54) is 22.3 Å². The molecule has 0 atom stereocenters. The molecule has 0 saturated carbocycles. The molecule has 1 heteroatoms. The fourth-order valence-electron chi connectivity index (χ4n) is 2.50. The maximum absolute atomic E-state index is 6.19.